The molecule has 2 aliphatic rings. The van der Waals surface area contributed by atoms with Gasteiger partial charge in [0.2, 0.25) is 0 Å². The third-order valence-corrected chi connectivity index (χ3v) is 7.74. The lowest BCUT2D eigenvalue weighted by molar-refractivity contribution is 0.00772. The van der Waals surface area contributed by atoms with Gasteiger partial charge in [0.15, 0.2) is 11.5 Å². The van der Waals surface area contributed by atoms with E-state index in [9.17, 15) is 9.59 Å². The van der Waals surface area contributed by atoms with Crippen LogP contribution in [0.4, 0.5) is 4.79 Å². The van der Waals surface area contributed by atoms with Crippen LogP contribution in [0.1, 0.15) is 64.9 Å². The van der Waals surface area contributed by atoms with Gasteiger partial charge in [-0.25, -0.2) is 4.79 Å². The van der Waals surface area contributed by atoms with E-state index in [0.717, 1.165) is 73.0 Å². The average molecular weight is 533 g/mol. The van der Waals surface area contributed by atoms with Crippen LogP contribution < -0.4 is 15.0 Å². The number of para-hydroxylation sites is 1. The molecule has 2 aromatic carbocycles. The van der Waals surface area contributed by atoms with E-state index in [1.807, 2.05) is 78.8 Å². The summed E-state index contributed by atoms with van der Waals surface area (Å²) in [6, 6.07) is 17.7. The number of aryl methyl sites for hydroxylation is 1. The van der Waals surface area contributed by atoms with E-state index in [4.69, 9.17) is 14.2 Å². The standard InChI is InChI=1S/C32H40N2O5/c1-32(2,3)39-31(36)34(22-24-12-16-28-29(21-24)38-20-19-37-28)26-14-10-23(11-15-26)7-6-18-33-27-9-5-4-8-25(27)13-17-30(33)35/h4-5,8-9,12-13,16-17,21,23,26H,6-7,10-11,14-15,18-20,22H2,1-3H3. The number of ether oxygens (including phenoxy) is 3. The van der Waals surface area contributed by atoms with Crippen molar-refractivity contribution in [3.63, 3.8) is 0 Å². The summed E-state index contributed by atoms with van der Waals surface area (Å²) in [4.78, 5) is 27.7. The molecule has 0 atom stereocenters. The Labute approximate surface area is 230 Å². The number of hydrogen-bond donors (Lipinski definition) is 0. The number of fused-ring (bicyclic) bond motifs is 2. The summed E-state index contributed by atoms with van der Waals surface area (Å²) in [6.07, 6.45) is 5.81. The van der Waals surface area contributed by atoms with Crippen molar-refractivity contribution in [3.05, 3.63) is 70.5 Å². The Kier molecular flexibility index (Phi) is 8.15. The first kappa shape index (κ1) is 27.1. The number of amides is 1. The molecule has 208 valence electrons. The van der Waals surface area contributed by atoms with Crippen LogP contribution in [0, 0.1) is 5.92 Å². The fourth-order valence-electron chi connectivity index (χ4n) is 5.80. The lowest BCUT2D eigenvalue weighted by atomic mass is 9.82. The number of hydrogen-bond acceptors (Lipinski definition) is 5. The summed E-state index contributed by atoms with van der Waals surface area (Å²) in [5, 5.41) is 1.10. The van der Waals surface area contributed by atoms with Crippen molar-refractivity contribution >= 4 is 17.0 Å². The number of carbonyl (C=O) groups is 1. The molecule has 0 N–H and O–H groups in total. The van der Waals surface area contributed by atoms with Gasteiger partial charge in [-0.2, -0.15) is 0 Å². The molecular formula is C32H40N2O5. The van der Waals surface area contributed by atoms with E-state index in [2.05, 4.69) is 0 Å². The highest BCUT2D eigenvalue weighted by Gasteiger charge is 2.32. The summed E-state index contributed by atoms with van der Waals surface area (Å²) in [5.41, 5.74) is 1.51. The predicted octanol–water partition coefficient (Wildman–Crippen LogP) is 6.55. The quantitative estimate of drug-likeness (QED) is 0.345. The minimum Gasteiger partial charge on any atom is -0.486 e. The summed E-state index contributed by atoms with van der Waals surface area (Å²) < 4.78 is 19.2. The van der Waals surface area contributed by atoms with Crippen molar-refractivity contribution in [3.8, 4) is 11.5 Å². The molecule has 5 rings (SSSR count). The molecule has 7 nitrogen and oxygen atoms in total. The van der Waals surface area contributed by atoms with Crippen LogP contribution in [0.5, 0.6) is 11.5 Å². The molecule has 0 radical (unpaired) electrons. The van der Waals surface area contributed by atoms with Crippen LogP contribution in [-0.4, -0.2) is 40.4 Å². The van der Waals surface area contributed by atoms with Gasteiger partial charge in [0, 0.05) is 25.2 Å². The highest BCUT2D eigenvalue weighted by atomic mass is 16.6. The van der Waals surface area contributed by atoms with Crippen molar-refractivity contribution in [2.24, 2.45) is 5.92 Å². The Bertz CT molecular complexity index is 1350. The monoisotopic (exact) mass is 532 g/mol. The lowest BCUT2D eigenvalue weighted by Crippen LogP contribution is -2.44. The Balaban J connectivity index is 1.20. The largest absolute Gasteiger partial charge is 0.486 e. The summed E-state index contributed by atoms with van der Waals surface area (Å²) in [5.74, 6) is 2.08. The number of pyridine rings is 1. The second kappa shape index (κ2) is 11.7. The van der Waals surface area contributed by atoms with Crippen molar-refractivity contribution < 1.29 is 19.0 Å². The lowest BCUT2D eigenvalue weighted by Gasteiger charge is -2.38. The second-order valence-corrected chi connectivity index (χ2v) is 11.8. The number of carbonyl (C=O) groups excluding carboxylic acids is 1. The first-order chi connectivity index (χ1) is 18.8. The number of nitrogens with zero attached hydrogens (tertiary/aromatic N) is 2. The molecule has 0 unspecified atom stereocenters. The second-order valence-electron chi connectivity index (χ2n) is 11.8. The van der Waals surface area contributed by atoms with Crippen LogP contribution in [0.15, 0.2) is 59.4 Å². The van der Waals surface area contributed by atoms with E-state index < -0.39 is 5.60 Å². The van der Waals surface area contributed by atoms with Crippen molar-refractivity contribution in [2.75, 3.05) is 13.2 Å². The van der Waals surface area contributed by atoms with Crippen molar-refractivity contribution in [2.45, 2.75) is 84.0 Å². The summed E-state index contributed by atoms with van der Waals surface area (Å²) in [7, 11) is 0. The highest BCUT2D eigenvalue weighted by Crippen LogP contribution is 2.34. The van der Waals surface area contributed by atoms with Gasteiger partial charge in [-0.05, 0) is 100 Å². The maximum Gasteiger partial charge on any atom is 0.410 e. The maximum atomic E-state index is 13.3. The third-order valence-electron chi connectivity index (χ3n) is 7.74. The predicted molar refractivity (Wildman–Crippen MR) is 152 cm³/mol. The van der Waals surface area contributed by atoms with E-state index >= 15 is 0 Å². The van der Waals surface area contributed by atoms with Crippen LogP contribution in [0.3, 0.4) is 0 Å². The van der Waals surface area contributed by atoms with Crippen LogP contribution in [-0.2, 0) is 17.8 Å². The SMILES string of the molecule is CC(C)(C)OC(=O)N(Cc1ccc2c(c1)OCCO2)C1CCC(CCCn2c(=O)ccc3ccccc32)CC1. The Hall–Kier alpha value is -3.48. The molecule has 1 aromatic heterocycles. The molecule has 1 saturated carbocycles. The Morgan fingerprint density at radius 2 is 1.72 bits per heavy atom. The number of benzene rings is 2. The molecule has 7 heteroatoms. The van der Waals surface area contributed by atoms with Gasteiger partial charge in [-0.3, -0.25) is 4.79 Å². The molecule has 39 heavy (non-hydrogen) atoms. The topological polar surface area (TPSA) is 70.0 Å². The molecular weight excluding hydrogens is 492 g/mol. The molecule has 1 fully saturated rings. The third kappa shape index (κ3) is 6.75. The molecule has 3 aromatic rings. The maximum absolute atomic E-state index is 13.3. The zero-order valence-electron chi connectivity index (χ0n) is 23.4. The fraction of sp³-hybridized carbons (Fsp3) is 0.500. The van der Waals surface area contributed by atoms with Crippen molar-refractivity contribution in [1.82, 2.24) is 9.47 Å². The molecule has 2 heterocycles. The first-order valence-corrected chi connectivity index (χ1v) is 14.2. The average Bonchev–Trinajstić information content (AvgIpc) is 2.92. The van der Waals surface area contributed by atoms with Gasteiger partial charge < -0.3 is 23.7 Å². The van der Waals surface area contributed by atoms with Crippen molar-refractivity contribution in [1.29, 1.82) is 0 Å². The minimum absolute atomic E-state index is 0.0598. The number of rotatable bonds is 7. The van der Waals surface area contributed by atoms with Gasteiger partial charge in [0.1, 0.15) is 18.8 Å². The molecule has 1 aliphatic carbocycles. The normalized spacial score (nSPS) is 19.1. The summed E-state index contributed by atoms with van der Waals surface area (Å²) in [6.45, 7) is 8.02. The van der Waals surface area contributed by atoms with E-state index in [1.54, 1.807) is 6.07 Å². The minimum atomic E-state index is -0.557. The Morgan fingerprint density at radius 3 is 2.49 bits per heavy atom. The van der Waals surface area contributed by atoms with Gasteiger partial charge in [-0.15, -0.1) is 0 Å². The zero-order chi connectivity index (χ0) is 27.4. The van der Waals surface area contributed by atoms with Gasteiger partial charge in [0.05, 0.1) is 5.52 Å². The van der Waals surface area contributed by atoms with Crippen LogP contribution in [0.25, 0.3) is 10.9 Å². The fourth-order valence-corrected chi connectivity index (χ4v) is 5.80. The Morgan fingerprint density at radius 1 is 0.974 bits per heavy atom. The van der Waals surface area contributed by atoms with Crippen LogP contribution in [0.2, 0.25) is 0 Å². The molecule has 0 saturated heterocycles. The molecule has 0 bridgehead atoms. The van der Waals surface area contributed by atoms with E-state index in [-0.39, 0.29) is 17.7 Å². The highest BCUT2D eigenvalue weighted by molar-refractivity contribution is 5.78. The van der Waals surface area contributed by atoms with E-state index in [0.29, 0.717) is 25.7 Å². The smallest absolute Gasteiger partial charge is 0.410 e. The first-order valence-electron chi connectivity index (χ1n) is 14.2. The zero-order valence-corrected chi connectivity index (χ0v) is 23.4. The molecule has 1 aliphatic heterocycles. The van der Waals surface area contributed by atoms with Gasteiger partial charge >= 0.3 is 6.09 Å². The molecule has 1 amide bonds. The van der Waals surface area contributed by atoms with Gasteiger partial charge in [-0.1, -0.05) is 24.3 Å². The van der Waals surface area contributed by atoms with Crippen LogP contribution >= 0.6 is 0 Å². The van der Waals surface area contributed by atoms with E-state index in [1.165, 1.54) is 0 Å². The molecule has 0 spiro atoms. The van der Waals surface area contributed by atoms with Gasteiger partial charge in [0.25, 0.3) is 5.56 Å². The summed E-state index contributed by atoms with van der Waals surface area (Å²) >= 11 is 0. The number of aromatic nitrogens is 1.